The third-order valence-electron chi connectivity index (χ3n) is 4.73. The predicted octanol–water partition coefficient (Wildman–Crippen LogP) is 5.29. The van der Waals surface area contributed by atoms with Gasteiger partial charge in [-0.1, -0.05) is 47.5 Å². The number of thioether (sulfide) groups is 1. The summed E-state index contributed by atoms with van der Waals surface area (Å²) in [4.78, 5) is 24.8. The van der Waals surface area contributed by atoms with Crippen molar-refractivity contribution in [1.29, 1.82) is 0 Å². The van der Waals surface area contributed by atoms with Gasteiger partial charge < -0.3 is 19.6 Å². The number of hydrogen-bond acceptors (Lipinski definition) is 5. The highest BCUT2D eigenvalue weighted by Gasteiger charge is 2.39. The minimum atomic E-state index is -1.09. The van der Waals surface area contributed by atoms with Gasteiger partial charge in [0, 0.05) is 10.9 Å². The molecule has 1 aliphatic rings. The second-order valence-corrected chi connectivity index (χ2v) is 8.31. The van der Waals surface area contributed by atoms with Crippen LogP contribution in [0.15, 0.2) is 52.3 Å². The van der Waals surface area contributed by atoms with Crippen molar-refractivity contribution in [1.82, 2.24) is 5.32 Å². The smallest absolute Gasteiger partial charge is 0.314 e. The van der Waals surface area contributed by atoms with Crippen molar-refractivity contribution in [3.63, 3.8) is 0 Å². The Kier molecular flexibility index (Phi) is 5.69. The average Bonchev–Trinajstić information content (AvgIpc) is 3.32. The summed E-state index contributed by atoms with van der Waals surface area (Å²) in [5.41, 5.74) is 1.52. The van der Waals surface area contributed by atoms with Crippen LogP contribution < -0.4 is 10.1 Å². The van der Waals surface area contributed by atoms with Gasteiger partial charge >= 0.3 is 5.97 Å². The molecule has 3 aromatic rings. The van der Waals surface area contributed by atoms with Crippen LogP contribution in [0.5, 0.6) is 5.75 Å². The average molecular weight is 464 g/mol. The van der Waals surface area contributed by atoms with E-state index in [0.717, 1.165) is 5.39 Å². The molecule has 1 aliphatic heterocycles. The Morgan fingerprint density at radius 2 is 1.97 bits per heavy atom. The maximum atomic E-state index is 12.7. The molecule has 1 amide bonds. The highest BCUT2D eigenvalue weighted by molar-refractivity contribution is 8.03. The molecule has 9 heteroatoms. The Labute approximate surface area is 185 Å². The maximum Gasteiger partial charge on any atom is 0.314 e. The van der Waals surface area contributed by atoms with Gasteiger partial charge in [0.1, 0.15) is 11.5 Å². The van der Waals surface area contributed by atoms with E-state index in [0.29, 0.717) is 21.7 Å². The molecule has 2 atom stereocenters. The van der Waals surface area contributed by atoms with E-state index in [1.54, 1.807) is 35.7 Å². The largest absolute Gasteiger partial charge is 0.494 e. The summed E-state index contributed by atoms with van der Waals surface area (Å²) >= 11 is 13.7. The van der Waals surface area contributed by atoms with E-state index in [1.807, 2.05) is 12.1 Å². The van der Waals surface area contributed by atoms with E-state index >= 15 is 0 Å². The van der Waals surface area contributed by atoms with Crippen LogP contribution in [-0.2, 0) is 4.79 Å². The molecule has 2 N–H and O–H groups in total. The molecule has 30 heavy (non-hydrogen) atoms. The van der Waals surface area contributed by atoms with E-state index < -0.39 is 23.2 Å². The number of hydrogen-bond donors (Lipinski definition) is 2. The number of rotatable bonds is 5. The fraction of sp³-hybridized carbons (Fsp3) is 0.143. The van der Waals surface area contributed by atoms with E-state index in [4.69, 9.17) is 32.4 Å². The summed E-state index contributed by atoms with van der Waals surface area (Å²) in [5.74, 6) is -2.23. The molecule has 154 valence electrons. The van der Waals surface area contributed by atoms with E-state index in [9.17, 15) is 14.7 Å². The number of fused-ring (bicyclic) bond motifs is 1. The predicted molar refractivity (Wildman–Crippen MR) is 117 cm³/mol. The van der Waals surface area contributed by atoms with Gasteiger partial charge in [0.25, 0.3) is 5.91 Å². The Morgan fingerprint density at radius 1 is 1.20 bits per heavy atom. The summed E-state index contributed by atoms with van der Waals surface area (Å²) in [6.07, 6.45) is 0. The molecule has 0 bridgehead atoms. The molecule has 0 saturated heterocycles. The Hall–Kier alpha value is -2.61. The Balaban J connectivity index is 1.61. The number of aliphatic carboxylic acids is 1. The molecule has 2 unspecified atom stereocenters. The lowest BCUT2D eigenvalue weighted by Gasteiger charge is -2.20. The molecule has 4 rings (SSSR count). The first-order valence-electron chi connectivity index (χ1n) is 8.81. The van der Waals surface area contributed by atoms with Crippen LogP contribution in [0.1, 0.15) is 16.1 Å². The number of methoxy groups -OCH3 is 1. The number of carbonyl (C=O) groups is 2. The van der Waals surface area contributed by atoms with Crippen LogP contribution in [-0.4, -0.2) is 29.5 Å². The number of carbonyl (C=O) groups excluding carboxylic acids is 1. The van der Waals surface area contributed by atoms with Gasteiger partial charge in [0.2, 0.25) is 0 Å². The van der Waals surface area contributed by atoms with E-state index in [-0.39, 0.29) is 16.5 Å². The van der Waals surface area contributed by atoms with Crippen molar-refractivity contribution >= 4 is 63.4 Å². The summed E-state index contributed by atoms with van der Waals surface area (Å²) < 4.78 is 10.8. The first-order valence-corrected chi connectivity index (χ1v) is 10.5. The van der Waals surface area contributed by atoms with Gasteiger partial charge in [-0.25, -0.2) is 0 Å². The van der Waals surface area contributed by atoms with Crippen LogP contribution >= 0.6 is 35.0 Å². The summed E-state index contributed by atoms with van der Waals surface area (Å²) in [6, 6.07) is 12.1. The number of furan rings is 1. The number of para-hydroxylation sites is 1. The molecule has 2 heterocycles. The molecule has 0 spiro atoms. The first-order chi connectivity index (χ1) is 14.4. The highest BCUT2D eigenvalue weighted by atomic mass is 35.5. The third kappa shape index (κ3) is 3.64. The minimum absolute atomic E-state index is 0.112. The van der Waals surface area contributed by atoms with Crippen LogP contribution in [0.3, 0.4) is 0 Å². The van der Waals surface area contributed by atoms with Crippen LogP contribution in [0.25, 0.3) is 16.5 Å². The van der Waals surface area contributed by atoms with Crippen molar-refractivity contribution < 1.29 is 23.8 Å². The minimum Gasteiger partial charge on any atom is -0.494 e. The van der Waals surface area contributed by atoms with Crippen LogP contribution in [0, 0.1) is 5.92 Å². The van der Waals surface area contributed by atoms with Gasteiger partial charge in [-0.2, -0.15) is 0 Å². The topological polar surface area (TPSA) is 88.8 Å². The van der Waals surface area contributed by atoms with Crippen molar-refractivity contribution in [3.8, 4) is 5.75 Å². The zero-order valence-electron chi connectivity index (χ0n) is 15.5. The van der Waals surface area contributed by atoms with E-state index in [2.05, 4.69) is 5.32 Å². The molecule has 0 aliphatic carbocycles. The number of benzene rings is 2. The number of carboxylic acid groups (broad SMARTS) is 1. The van der Waals surface area contributed by atoms with Crippen molar-refractivity contribution in [2.75, 3.05) is 7.11 Å². The number of halogens is 2. The van der Waals surface area contributed by atoms with Gasteiger partial charge in [-0.15, -0.1) is 11.8 Å². The molecular formula is C21H15Cl2NO5S. The summed E-state index contributed by atoms with van der Waals surface area (Å²) in [6.45, 7) is 0. The van der Waals surface area contributed by atoms with Crippen molar-refractivity contribution in [2.24, 2.45) is 5.92 Å². The molecular weight excluding hydrogens is 449 g/mol. The fourth-order valence-electron chi connectivity index (χ4n) is 3.31. The maximum absolute atomic E-state index is 12.7. The molecule has 2 aromatic carbocycles. The van der Waals surface area contributed by atoms with Gasteiger partial charge in [0.15, 0.2) is 11.5 Å². The van der Waals surface area contributed by atoms with Gasteiger partial charge in [-0.3, -0.25) is 9.59 Å². The summed E-state index contributed by atoms with van der Waals surface area (Å²) in [7, 11) is 1.43. The van der Waals surface area contributed by atoms with Gasteiger partial charge in [0.05, 0.1) is 22.5 Å². The lowest BCUT2D eigenvalue weighted by Crippen LogP contribution is -2.39. The SMILES string of the molecule is COc1c(Cl)ccc(C2=CSC(NC(=O)c3cc4ccccc4o3)C2C(=O)O)c1Cl. The monoisotopic (exact) mass is 463 g/mol. The quantitative estimate of drug-likeness (QED) is 0.533. The molecule has 0 fully saturated rings. The number of carboxylic acids is 1. The van der Waals surface area contributed by atoms with Crippen molar-refractivity contribution in [3.05, 3.63) is 69.2 Å². The molecule has 0 radical (unpaired) electrons. The normalized spacial score (nSPS) is 18.3. The zero-order valence-corrected chi connectivity index (χ0v) is 17.8. The molecule has 0 saturated carbocycles. The van der Waals surface area contributed by atoms with Crippen molar-refractivity contribution in [2.45, 2.75) is 5.37 Å². The lowest BCUT2D eigenvalue weighted by molar-refractivity contribution is -0.139. The number of nitrogens with one attached hydrogen (secondary N) is 1. The zero-order chi connectivity index (χ0) is 21.4. The Bertz CT molecular complexity index is 1160. The highest BCUT2D eigenvalue weighted by Crippen LogP contribution is 2.46. The number of amides is 1. The second kappa shape index (κ2) is 8.26. The molecule has 6 nitrogen and oxygen atoms in total. The fourth-order valence-corrected chi connectivity index (χ4v) is 5.11. The van der Waals surface area contributed by atoms with Gasteiger partial charge in [-0.05, 0) is 29.2 Å². The second-order valence-electron chi connectivity index (χ2n) is 6.51. The number of ether oxygens (including phenoxy) is 1. The third-order valence-corrected chi connectivity index (χ3v) is 6.48. The standard InChI is InChI=1S/C21H15Cl2NO5S/c1-28-18-13(22)7-6-11(17(18)23)12-9-30-20(16(12)21(26)27)24-19(25)15-8-10-4-2-3-5-14(10)29-15/h2-9,16,20H,1H3,(H,24,25)(H,26,27). The van der Waals surface area contributed by atoms with Crippen LogP contribution in [0.4, 0.5) is 0 Å². The Morgan fingerprint density at radius 3 is 2.67 bits per heavy atom. The van der Waals surface area contributed by atoms with E-state index in [1.165, 1.54) is 18.9 Å². The summed E-state index contributed by atoms with van der Waals surface area (Å²) in [5, 5.41) is 14.9. The molecule has 1 aromatic heterocycles. The first kappa shape index (κ1) is 20.7. The van der Waals surface area contributed by atoms with Crippen LogP contribution in [0.2, 0.25) is 10.0 Å². The lowest BCUT2D eigenvalue weighted by atomic mass is 9.93.